The van der Waals surface area contributed by atoms with Crippen LogP contribution < -0.4 is 4.74 Å². The fourth-order valence-corrected chi connectivity index (χ4v) is 4.04. The number of rotatable bonds is 4. The second kappa shape index (κ2) is 6.74. The molecule has 0 unspecified atom stereocenters. The highest BCUT2D eigenvalue weighted by molar-refractivity contribution is 5.76. The van der Waals surface area contributed by atoms with Gasteiger partial charge < -0.3 is 14.0 Å². The van der Waals surface area contributed by atoms with E-state index < -0.39 is 0 Å². The van der Waals surface area contributed by atoms with Gasteiger partial charge in [-0.05, 0) is 30.3 Å². The van der Waals surface area contributed by atoms with E-state index in [0.717, 1.165) is 45.4 Å². The summed E-state index contributed by atoms with van der Waals surface area (Å²) in [7, 11) is 3.29. The van der Waals surface area contributed by atoms with Crippen molar-refractivity contribution in [2.24, 2.45) is 0 Å². The first-order valence-corrected chi connectivity index (χ1v) is 9.75. The van der Waals surface area contributed by atoms with E-state index in [1.54, 1.807) is 18.9 Å². The van der Waals surface area contributed by atoms with Gasteiger partial charge in [0.1, 0.15) is 24.2 Å². The minimum absolute atomic E-state index is 0.349. The lowest BCUT2D eigenvalue weighted by Crippen LogP contribution is -2.11. The zero-order valence-electron chi connectivity index (χ0n) is 16.9. The van der Waals surface area contributed by atoms with Crippen LogP contribution in [0.1, 0.15) is 11.5 Å². The van der Waals surface area contributed by atoms with Gasteiger partial charge in [0.25, 0.3) is 0 Å². The number of nitrogens with zero attached hydrogens (tertiary/aromatic N) is 8. The molecule has 0 aliphatic carbocycles. The molecule has 154 valence electrons. The molecule has 0 spiro atoms. The maximum absolute atomic E-state index is 5.46. The quantitative estimate of drug-likeness (QED) is 0.437. The molecule has 0 fully saturated rings. The van der Waals surface area contributed by atoms with E-state index in [1.165, 1.54) is 0 Å². The SMILES string of the molecule is COCc1nnc2n1Cc1c(-n3nnc4ccccc43)ncn1-c1ccc(OC)cc1-2. The van der Waals surface area contributed by atoms with Crippen LogP contribution in [0.2, 0.25) is 0 Å². The van der Waals surface area contributed by atoms with Crippen LogP contribution in [0, 0.1) is 0 Å². The third-order valence-electron chi connectivity index (χ3n) is 5.51. The van der Waals surface area contributed by atoms with E-state index in [9.17, 15) is 0 Å². The largest absolute Gasteiger partial charge is 0.497 e. The van der Waals surface area contributed by atoms with Crippen molar-refractivity contribution >= 4 is 11.0 Å². The van der Waals surface area contributed by atoms with Crippen LogP contribution in [0.3, 0.4) is 0 Å². The highest BCUT2D eigenvalue weighted by Gasteiger charge is 2.27. The Balaban J connectivity index is 1.63. The molecule has 0 atom stereocenters. The Hall–Kier alpha value is -4.05. The summed E-state index contributed by atoms with van der Waals surface area (Å²) in [5.74, 6) is 2.93. The van der Waals surface area contributed by atoms with Crippen molar-refractivity contribution in [3.05, 3.63) is 60.3 Å². The van der Waals surface area contributed by atoms with Gasteiger partial charge in [0.2, 0.25) is 0 Å². The van der Waals surface area contributed by atoms with Gasteiger partial charge in [-0.15, -0.1) is 15.3 Å². The second-order valence-corrected chi connectivity index (χ2v) is 7.22. The van der Waals surface area contributed by atoms with E-state index >= 15 is 0 Å². The van der Waals surface area contributed by atoms with Crippen molar-refractivity contribution in [2.45, 2.75) is 13.2 Å². The summed E-state index contributed by atoms with van der Waals surface area (Å²) in [6, 6.07) is 13.7. The number of methoxy groups -OCH3 is 2. The molecule has 5 aromatic rings. The second-order valence-electron chi connectivity index (χ2n) is 7.22. The van der Waals surface area contributed by atoms with Crippen LogP contribution in [0.15, 0.2) is 48.8 Å². The summed E-state index contributed by atoms with van der Waals surface area (Å²) < 4.78 is 16.7. The number of aromatic nitrogens is 8. The van der Waals surface area contributed by atoms with Crippen molar-refractivity contribution in [1.82, 2.24) is 39.3 Å². The van der Waals surface area contributed by atoms with Gasteiger partial charge in [0, 0.05) is 12.7 Å². The fraction of sp³-hybridized carbons (Fsp3) is 0.190. The van der Waals surface area contributed by atoms with E-state index in [-0.39, 0.29) is 0 Å². The molecule has 0 N–H and O–H groups in total. The number of benzene rings is 2. The van der Waals surface area contributed by atoms with Crippen molar-refractivity contribution in [2.75, 3.05) is 14.2 Å². The smallest absolute Gasteiger partial charge is 0.179 e. The molecule has 3 aromatic heterocycles. The van der Waals surface area contributed by atoms with Gasteiger partial charge in [-0.1, -0.05) is 17.3 Å². The maximum Gasteiger partial charge on any atom is 0.179 e. The highest BCUT2D eigenvalue weighted by Crippen LogP contribution is 2.35. The monoisotopic (exact) mass is 414 g/mol. The minimum Gasteiger partial charge on any atom is -0.497 e. The average molecular weight is 414 g/mol. The predicted octanol–water partition coefficient (Wildman–Crippen LogP) is 2.38. The fourth-order valence-electron chi connectivity index (χ4n) is 4.04. The molecule has 1 aliphatic rings. The first-order valence-electron chi connectivity index (χ1n) is 9.75. The van der Waals surface area contributed by atoms with Crippen LogP contribution in [-0.4, -0.2) is 53.5 Å². The Bertz CT molecular complexity index is 1430. The van der Waals surface area contributed by atoms with Gasteiger partial charge >= 0.3 is 0 Å². The van der Waals surface area contributed by atoms with E-state index in [1.807, 2.05) is 53.4 Å². The lowest BCUT2D eigenvalue weighted by molar-refractivity contribution is 0.174. The molecule has 4 heterocycles. The van der Waals surface area contributed by atoms with Gasteiger partial charge in [-0.3, -0.25) is 4.57 Å². The summed E-state index contributed by atoms with van der Waals surface area (Å²) in [4.78, 5) is 4.71. The average Bonchev–Trinajstić information content (AvgIpc) is 3.49. The lowest BCUT2D eigenvalue weighted by Gasteiger charge is -2.10. The predicted molar refractivity (Wildman–Crippen MR) is 111 cm³/mol. The molecule has 6 rings (SSSR count). The maximum atomic E-state index is 5.46. The number of fused-ring (bicyclic) bond motifs is 6. The molecule has 10 nitrogen and oxygen atoms in total. The van der Waals surface area contributed by atoms with E-state index in [2.05, 4.69) is 25.1 Å². The number of hydrogen-bond acceptors (Lipinski definition) is 7. The highest BCUT2D eigenvalue weighted by atomic mass is 16.5. The van der Waals surface area contributed by atoms with Gasteiger partial charge in [-0.25, -0.2) is 4.98 Å². The van der Waals surface area contributed by atoms with Crippen LogP contribution in [0.25, 0.3) is 33.9 Å². The Morgan fingerprint density at radius 2 is 1.94 bits per heavy atom. The molecule has 0 bridgehead atoms. The first kappa shape index (κ1) is 17.8. The Morgan fingerprint density at radius 1 is 1.03 bits per heavy atom. The van der Waals surface area contributed by atoms with Crippen LogP contribution in [0.5, 0.6) is 5.75 Å². The third kappa shape index (κ3) is 2.58. The topological polar surface area (TPSA) is 97.7 Å². The molecule has 0 amide bonds. The van der Waals surface area contributed by atoms with Gasteiger partial charge in [-0.2, -0.15) is 4.68 Å². The molecule has 0 radical (unpaired) electrons. The summed E-state index contributed by atoms with van der Waals surface area (Å²) in [6.45, 7) is 0.851. The molecule has 0 saturated heterocycles. The molecule has 1 aliphatic heterocycles. The normalized spacial score (nSPS) is 12.3. The van der Waals surface area contributed by atoms with Crippen molar-refractivity contribution in [3.63, 3.8) is 0 Å². The molecular formula is C21H18N8O2. The summed E-state index contributed by atoms with van der Waals surface area (Å²) >= 11 is 0. The zero-order chi connectivity index (χ0) is 20.9. The van der Waals surface area contributed by atoms with Crippen molar-refractivity contribution in [3.8, 4) is 28.6 Å². The van der Waals surface area contributed by atoms with Gasteiger partial charge in [0.15, 0.2) is 17.5 Å². The molecular weight excluding hydrogens is 396 g/mol. The van der Waals surface area contributed by atoms with Crippen LogP contribution in [0.4, 0.5) is 0 Å². The van der Waals surface area contributed by atoms with Crippen molar-refractivity contribution in [1.29, 1.82) is 0 Å². The number of ether oxygens (including phenoxy) is 2. The Labute approximate surface area is 176 Å². The van der Waals surface area contributed by atoms with Crippen LogP contribution >= 0.6 is 0 Å². The van der Waals surface area contributed by atoms with Crippen molar-refractivity contribution < 1.29 is 9.47 Å². The first-order chi connectivity index (χ1) is 15.3. The molecule has 10 heteroatoms. The summed E-state index contributed by atoms with van der Waals surface area (Å²) in [5, 5.41) is 17.5. The lowest BCUT2D eigenvalue weighted by atomic mass is 10.1. The number of imidazole rings is 1. The molecule has 2 aromatic carbocycles. The summed E-state index contributed by atoms with van der Waals surface area (Å²) in [5.41, 5.74) is 4.49. The standard InChI is InChI=1S/C21H18N8O2/c1-30-11-19-24-25-20-14-9-13(31-2)7-8-16(14)28-12-22-21(18(28)10-27(19)20)29-17-6-4-3-5-15(17)23-26-29/h3-9,12H,10-11H2,1-2H3. The van der Waals surface area contributed by atoms with E-state index in [0.29, 0.717) is 19.0 Å². The third-order valence-corrected chi connectivity index (χ3v) is 5.51. The van der Waals surface area contributed by atoms with E-state index in [4.69, 9.17) is 14.5 Å². The zero-order valence-corrected chi connectivity index (χ0v) is 16.9. The number of hydrogen-bond donors (Lipinski definition) is 0. The minimum atomic E-state index is 0.349. The number of para-hydroxylation sites is 1. The van der Waals surface area contributed by atoms with Gasteiger partial charge in [0.05, 0.1) is 30.6 Å². The van der Waals surface area contributed by atoms with Crippen LogP contribution in [-0.2, 0) is 17.9 Å². The molecule has 31 heavy (non-hydrogen) atoms. The Kier molecular flexibility index (Phi) is 3.87. The Morgan fingerprint density at radius 3 is 2.81 bits per heavy atom. The summed E-state index contributed by atoms with van der Waals surface area (Å²) in [6.07, 6.45) is 1.81. The molecule has 0 saturated carbocycles.